The first-order chi connectivity index (χ1) is 11.2. The van der Waals surface area contributed by atoms with Crippen LogP contribution in [0.5, 0.6) is 23.0 Å². The second-order valence-corrected chi connectivity index (χ2v) is 5.11. The number of ketones is 1. The fourth-order valence-corrected chi connectivity index (χ4v) is 2.58. The van der Waals surface area contributed by atoms with Gasteiger partial charge in [-0.2, -0.15) is 0 Å². The van der Waals surface area contributed by atoms with Crippen molar-refractivity contribution in [3.63, 3.8) is 0 Å². The first kappa shape index (κ1) is 15.2. The number of carbonyl (C=O) groups is 1. The van der Waals surface area contributed by atoms with Crippen LogP contribution in [-0.2, 0) is 6.61 Å². The van der Waals surface area contributed by atoms with E-state index in [0.29, 0.717) is 48.2 Å². The van der Waals surface area contributed by atoms with Crippen LogP contribution in [-0.4, -0.2) is 26.6 Å². The number of fused-ring (bicyclic) bond motifs is 1. The topological polar surface area (TPSA) is 54.0 Å². The summed E-state index contributed by atoms with van der Waals surface area (Å²) >= 11 is 0. The van der Waals surface area contributed by atoms with Crippen LogP contribution < -0.4 is 18.9 Å². The summed E-state index contributed by atoms with van der Waals surface area (Å²) in [6, 6.07) is 11.5. The highest BCUT2D eigenvalue weighted by molar-refractivity contribution is 6.03. The Morgan fingerprint density at radius 1 is 1.09 bits per heavy atom. The standard InChI is InChI=1S/C18H18O5/c1-20-17-15(23-11-12-6-4-3-5-7-12)10-14-16(18(17)21-2)13(19)8-9-22-14/h3-7,10H,8-9,11H2,1-2H3. The second kappa shape index (κ2) is 6.60. The van der Waals surface area contributed by atoms with Gasteiger partial charge in [-0.15, -0.1) is 0 Å². The van der Waals surface area contributed by atoms with Crippen molar-refractivity contribution in [1.82, 2.24) is 0 Å². The van der Waals surface area contributed by atoms with Crippen LogP contribution in [0.4, 0.5) is 0 Å². The first-order valence-electron chi connectivity index (χ1n) is 7.36. The molecule has 0 radical (unpaired) electrons. The van der Waals surface area contributed by atoms with E-state index in [0.717, 1.165) is 5.56 Å². The molecule has 0 spiro atoms. The molecule has 1 heterocycles. The van der Waals surface area contributed by atoms with Crippen molar-refractivity contribution in [2.75, 3.05) is 20.8 Å². The number of rotatable bonds is 5. The summed E-state index contributed by atoms with van der Waals surface area (Å²) in [5, 5.41) is 0. The maximum Gasteiger partial charge on any atom is 0.204 e. The molecular formula is C18H18O5. The fourth-order valence-electron chi connectivity index (χ4n) is 2.58. The summed E-state index contributed by atoms with van der Waals surface area (Å²) in [4.78, 5) is 12.2. The highest BCUT2D eigenvalue weighted by Gasteiger charge is 2.29. The maximum absolute atomic E-state index is 12.2. The van der Waals surface area contributed by atoms with Gasteiger partial charge in [-0.05, 0) is 5.56 Å². The zero-order valence-corrected chi connectivity index (χ0v) is 13.1. The molecule has 2 aromatic carbocycles. The predicted molar refractivity (Wildman–Crippen MR) is 84.8 cm³/mol. The third-order valence-electron chi connectivity index (χ3n) is 3.68. The quantitative estimate of drug-likeness (QED) is 0.848. The molecule has 0 saturated heterocycles. The SMILES string of the molecule is COc1c(OCc2ccccc2)cc2c(c1OC)C(=O)CCO2. The van der Waals surface area contributed by atoms with Gasteiger partial charge in [0.25, 0.3) is 0 Å². The van der Waals surface area contributed by atoms with Gasteiger partial charge in [-0.25, -0.2) is 0 Å². The van der Waals surface area contributed by atoms with Gasteiger partial charge in [0.2, 0.25) is 5.75 Å². The van der Waals surface area contributed by atoms with Crippen molar-refractivity contribution in [3.05, 3.63) is 47.5 Å². The molecule has 0 aromatic heterocycles. The third kappa shape index (κ3) is 2.95. The number of methoxy groups -OCH3 is 2. The van der Waals surface area contributed by atoms with Crippen LogP contribution >= 0.6 is 0 Å². The van der Waals surface area contributed by atoms with E-state index in [4.69, 9.17) is 18.9 Å². The van der Waals surface area contributed by atoms with Crippen LogP contribution in [0.25, 0.3) is 0 Å². The predicted octanol–water partition coefficient (Wildman–Crippen LogP) is 3.25. The lowest BCUT2D eigenvalue weighted by Crippen LogP contribution is -2.17. The molecule has 120 valence electrons. The fraction of sp³-hybridized carbons (Fsp3) is 0.278. The molecule has 3 rings (SSSR count). The number of ether oxygens (including phenoxy) is 4. The minimum absolute atomic E-state index is 0.0176. The molecule has 0 atom stereocenters. The molecule has 2 aromatic rings. The van der Waals surface area contributed by atoms with E-state index in [2.05, 4.69) is 0 Å². The van der Waals surface area contributed by atoms with E-state index < -0.39 is 0 Å². The van der Waals surface area contributed by atoms with Gasteiger partial charge < -0.3 is 18.9 Å². The van der Waals surface area contributed by atoms with E-state index in [1.54, 1.807) is 6.07 Å². The lowest BCUT2D eigenvalue weighted by atomic mass is 10.0. The molecular weight excluding hydrogens is 296 g/mol. The van der Waals surface area contributed by atoms with Crippen LogP contribution in [0, 0.1) is 0 Å². The Labute approximate surface area is 134 Å². The number of hydrogen-bond donors (Lipinski definition) is 0. The van der Waals surface area contributed by atoms with Gasteiger partial charge in [0.15, 0.2) is 17.3 Å². The van der Waals surface area contributed by atoms with Gasteiger partial charge in [-0.3, -0.25) is 4.79 Å². The van der Waals surface area contributed by atoms with Crippen molar-refractivity contribution in [3.8, 4) is 23.0 Å². The van der Waals surface area contributed by atoms with Gasteiger partial charge in [-0.1, -0.05) is 30.3 Å². The summed E-state index contributed by atoms with van der Waals surface area (Å²) in [6.45, 7) is 0.743. The Morgan fingerprint density at radius 3 is 2.52 bits per heavy atom. The highest BCUT2D eigenvalue weighted by Crippen LogP contribution is 2.47. The van der Waals surface area contributed by atoms with Crippen LogP contribution in [0.15, 0.2) is 36.4 Å². The summed E-state index contributed by atoms with van der Waals surface area (Å²) in [5.74, 6) is 1.71. The zero-order valence-electron chi connectivity index (χ0n) is 13.1. The molecule has 0 fully saturated rings. The van der Waals surface area contributed by atoms with E-state index >= 15 is 0 Å². The van der Waals surface area contributed by atoms with Gasteiger partial charge in [0, 0.05) is 12.5 Å². The maximum atomic E-state index is 12.2. The highest BCUT2D eigenvalue weighted by atomic mass is 16.5. The molecule has 0 aliphatic carbocycles. The largest absolute Gasteiger partial charge is 0.492 e. The normalized spacial score (nSPS) is 13.0. The van der Waals surface area contributed by atoms with Crippen molar-refractivity contribution >= 4 is 5.78 Å². The van der Waals surface area contributed by atoms with E-state index in [9.17, 15) is 4.79 Å². The summed E-state index contributed by atoms with van der Waals surface area (Å²) in [5.41, 5.74) is 1.45. The Kier molecular flexibility index (Phi) is 4.37. The number of benzene rings is 2. The number of hydrogen-bond acceptors (Lipinski definition) is 5. The van der Waals surface area contributed by atoms with Crippen LogP contribution in [0.3, 0.4) is 0 Å². The van der Waals surface area contributed by atoms with Crippen molar-refractivity contribution < 1.29 is 23.7 Å². The lowest BCUT2D eigenvalue weighted by Gasteiger charge is -2.22. The molecule has 5 heteroatoms. The monoisotopic (exact) mass is 314 g/mol. The minimum Gasteiger partial charge on any atom is -0.492 e. The van der Waals surface area contributed by atoms with Gasteiger partial charge in [0.05, 0.1) is 20.8 Å². The summed E-state index contributed by atoms with van der Waals surface area (Å²) in [7, 11) is 3.02. The Morgan fingerprint density at radius 2 is 1.83 bits per heavy atom. The van der Waals surface area contributed by atoms with Crippen molar-refractivity contribution in [1.29, 1.82) is 0 Å². The Balaban J connectivity index is 1.98. The van der Waals surface area contributed by atoms with Gasteiger partial charge >= 0.3 is 0 Å². The molecule has 0 N–H and O–H groups in total. The second-order valence-electron chi connectivity index (χ2n) is 5.11. The molecule has 1 aliphatic rings. The Hall–Kier alpha value is -2.69. The average molecular weight is 314 g/mol. The number of Topliss-reactive ketones (excluding diaryl/α,β-unsaturated/α-hetero) is 1. The smallest absolute Gasteiger partial charge is 0.204 e. The molecule has 5 nitrogen and oxygen atoms in total. The van der Waals surface area contributed by atoms with Crippen molar-refractivity contribution in [2.24, 2.45) is 0 Å². The Bertz CT molecular complexity index is 709. The minimum atomic E-state index is -0.0176. The first-order valence-corrected chi connectivity index (χ1v) is 7.36. The van der Waals surface area contributed by atoms with Crippen LogP contribution in [0.1, 0.15) is 22.3 Å². The number of carbonyl (C=O) groups excluding carboxylic acids is 1. The average Bonchev–Trinajstić information content (AvgIpc) is 2.59. The van der Waals surface area contributed by atoms with Gasteiger partial charge in [0.1, 0.15) is 17.9 Å². The lowest BCUT2D eigenvalue weighted by molar-refractivity contribution is 0.0927. The molecule has 0 amide bonds. The third-order valence-corrected chi connectivity index (χ3v) is 3.68. The van der Waals surface area contributed by atoms with E-state index in [-0.39, 0.29) is 5.78 Å². The zero-order chi connectivity index (χ0) is 16.2. The molecule has 1 aliphatic heterocycles. The molecule has 0 bridgehead atoms. The van der Waals surface area contributed by atoms with E-state index in [1.807, 2.05) is 30.3 Å². The molecule has 0 unspecified atom stereocenters. The van der Waals surface area contributed by atoms with E-state index in [1.165, 1.54) is 14.2 Å². The summed E-state index contributed by atoms with van der Waals surface area (Å²) in [6.07, 6.45) is 0.330. The molecule has 0 saturated carbocycles. The van der Waals surface area contributed by atoms with Crippen molar-refractivity contribution in [2.45, 2.75) is 13.0 Å². The van der Waals surface area contributed by atoms with Crippen LogP contribution in [0.2, 0.25) is 0 Å². The summed E-state index contributed by atoms with van der Waals surface area (Å²) < 4.78 is 22.3. The molecule has 23 heavy (non-hydrogen) atoms.